The van der Waals surface area contributed by atoms with Gasteiger partial charge in [-0.1, -0.05) is 0 Å². The van der Waals surface area contributed by atoms with Crippen LogP contribution in [0.4, 0.5) is 0 Å². The maximum atomic E-state index is 12.4. The number of hydrogen-bond acceptors (Lipinski definition) is 3. The Kier molecular flexibility index (Phi) is 4.02. The van der Waals surface area contributed by atoms with Crippen LogP contribution in [0.3, 0.4) is 0 Å². The summed E-state index contributed by atoms with van der Waals surface area (Å²) in [5.74, 6) is 1.27. The van der Waals surface area contributed by atoms with Crippen molar-refractivity contribution in [1.29, 1.82) is 0 Å². The van der Waals surface area contributed by atoms with Crippen LogP contribution in [0.2, 0.25) is 0 Å². The number of methoxy groups -OCH3 is 1. The summed E-state index contributed by atoms with van der Waals surface area (Å²) in [5.41, 5.74) is 2.88. The van der Waals surface area contributed by atoms with E-state index in [9.17, 15) is 4.79 Å². The Morgan fingerprint density at radius 1 is 1.33 bits per heavy atom. The molecule has 1 saturated heterocycles. The lowest BCUT2D eigenvalue weighted by Crippen LogP contribution is -2.34. The van der Waals surface area contributed by atoms with Gasteiger partial charge in [-0.05, 0) is 56.5 Å². The van der Waals surface area contributed by atoms with Gasteiger partial charge in [0.15, 0.2) is 5.78 Å². The second-order valence-corrected chi connectivity index (χ2v) is 5.05. The van der Waals surface area contributed by atoms with Crippen molar-refractivity contribution in [3.8, 4) is 5.75 Å². The Morgan fingerprint density at radius 2 is 2.00 bits per heavy atom. The molecule has 1 atom stereocenters. The fraction of sp³-hybridized carbons (Fsp3) is 0.533. The van der Waals surface area contributed by atoms with Gasteiger partial charge in [0.05, 0.1) is 7.11 Å². The maximum Gasteiger partial charge on any atom is 0.167 e. The van der Waals surface area contributed by atoms with Gasteiger partial charge >= 0.3 is 0 Å². The molecule has 1 unspecified atom stereocenters. The van der Waals surface area contributed by atoms with Crippen LogP contribution in [0.1, 0.15) is 34.3 Å². The first-order valence-corrected chi connectivity index (χ1v) is 6.53. The average molecular weight is 247 g/mol. The molecule has 0 bridgehead atoms. The van der Waals surface area contributed by atoms with Gasteiger partial charge in [-0.3, -0.25) is 4.79 Å². The topological polar surface area (TPSA) is 38.3 Å². The monoisotopic (exact) mass is 247 g/mol. The number of benzene rings is 1. The van der Waals surface area contributed by atoms with E-state index in [2.05, 4.69) is 5.32 Å². The molecule has 1 fully saturated rings. The highest BCUT2D eigenvalue weighted by Gasteiger charge is 2.23. The Bertz CT molecular complexity index is 425. The summed E-state index contributed by atoms with van der Waals surface area (Å²) in [6, 6.07) is 3.89. The summed E-state index contributed by atoms with van der Waals surface area (Å²) >= 11 is 0. The fourth-order valence-electron chi connectivity index (χ4n) is 2.73. The molecule has 3 heteroatoms. The summed E-state index contributed by atoms with van der Waals surface area (Å²) in [6.07, 6.45) is 2.08. The third-order valence-corrected chi connectivity index (χ3v) is 3.62. The number of nitrogens with one attached hydrogen (secondary N) is 1. The van der Waals surface area contributed by atoms with Crippen molar-refractivity contribution in [2.24, 2.45) is 5.92 Å². The molecule has 98 valence electrons. The van der Waals surface area contributed by atoms with Crippen LogP contribution < -0.4 is 10.1 Å². The predicted molar refractivity (Wildman–Crippen MR) is 72.4 cm³/mol. The molecule has 1 aromatic carbocycles. The molecule has 0 spiro atoms. The fourth-order valence-corrected chi connectivity index (χ4v) is 2.73. The zero-order chi connectivity index (χ0) is 13.1. The first-order chi connectivity index (χ1) is 8.63. The molecule has 2 rings (SSSR count). The quantitative estimate of drug-likeness (QED) is 0.834. The van der Waals surface area contributed by atoms with Crippen molar-refractivity contribution >= 4 is 5.78 Å². The Morgan fingerprint density at radius 3 is 2.50 bits per heavy atom. The lowest BCUT2D eigenvalue weighted by Gasteiger charge is -2.22. The molecule has 0 amide bonds. The number of aryl methyl sites for hydroxylation is 2. The lowest BCUT2D eigenvalue weighted by atomic mass is 9.89. The van der Waals surface area contributed by atoms with Gasteiger partial charge in [-0.15, -0.1) is 0 Å². The number of rotatable bonds is 3. The van der Waals surface area contributed by atoms with Gasteiger partial charge in [0, 0.05) is 18.0 Å². The number of ketones is 1. The van der Waals surface area contributed by atoms with Crippen LogP contribution in [0.15, 0.2) is 12.1 Å². The number of hydrogen-bond donors (Lipinski definition) is 1. The summed E-state index contributed by atoms with van der Waals surface area (Å²) < 4.78 is 5.33. The van der Waals surface area contributed by atoms with E-state index in [1.165, 1.54) is 0 Å². The minimum absolute atomic E-state index is 0.131. The van der Waals surface area contributed by atoms with Gasteiger partial charge < -0.3 is 10.1 Å². The number of piperidine rings is 1. The van der Waals surface area contributed by atoms with Crippen LogP contribution in [-0.2, 0) is 0 Å². The second kappa shape index (κ2) is 5.53. The zero-order valence-corrected chi connectivity index (χ0v) is 11.4. The zero-order valence-electron chi connectivity index (χ0n) is 11.4. The highest BCUT2D eigenvalue weighted by atomic mass is 16.5. The molecule has 1 aliphatic rings. The molecule has 0 aliphatic carbocycles. The number of carbonyl (C=O) groups excluding carboxylic acids is 1. The van der Waals surface area contributed by atoms with Crippen molar-refractivity contribution in [2.75, 3.05) is 20.2 Å². The molecular weight excluding hydrogens is 226 g/mol. The summed E-state index contributed by atoms with van der Waals surface area (Å²) in [5, 5.41) is 3.29. The van der Waals surface area contributed by atoms with E-state index >= 15 is 0 Å². The summed E-state index contributed by atoms with van der Waals surface area (Å²) in [6.45, 7) is 5.82. The SMILES string of the molecule is COc1c(C)cc(C(=O)C2CCCNC2)cc1C. The van der Waals surface area contributed by atoms with Gasteiger partial charge in [-0.2, -0.15) is 0 Å². The third-order valence-electron chi connectivity index (χ3n) is 3.62. The van der Waals surface area contributed by atoms with Crippen molar-refractivity contribution < 1.29 is 9.53 Å². The van der Waals surface area contributed by atoms with Crippen LogP contribution in [-0.4, -0.2) is 26.0 Å². The van der Waals surface area contributed by atoms with Crippen LogP contribution in [0.5, 0.6) is 5.75 Å². The lowest BCUT2D eigenvalue weighted by molar-refractivity contribution is 0.0899. The minimum Gasteiger partial charge on any atom is -0.496 e. The van der Waals surface area contributed by atoms with Crippen molar-refractivity contribution in [1.82, 2.24) is 5.32 Å². The van der Waals surface area contributed by atoms with E-state index in [-0.39, 0.29) is 11.7 Å². The molecule has 1 aliphatic heterocycles. The van der Waals surface area contributed by atoms with Gasteiger partial charge in [0.25, 0.3) is 0 Å². The summed E-state index contributed by atoms with van der Waals surface area (Å²) in [4.78, 5) is 12.4. The first-order valence-electron chi connectivity index (χ1n) is 6.53. The first kappa shape index (κ1) is 13.1. The van der Waals surface area contributed by atoms with E-state index in [4.69, 9.17) is 4.74 Å². The molecule has 1 heterocycles. The van der Waals surface area contributed by atoms with E-state index < -0.39 is 0 Å². The van der Waals surface area contributed by atoms with E-state index in [1.54, 1.807) is 7.11 Å². The molecular formula is C15H21NO2. The predicted octanol–water partition coefficient (Wildman–Crippen LogP) is 2.49. The van der Waals surface area contributed by atoms with Crippen LogP contribution in [0, 0.1) is 19.8 Å². The second-order valence-electron chi connectivity index (χ2n) is 5.05. The van der Waals surface area contributed by atoms with Crippen molar-refractivity contribution in [2.45, 2.75) is 26.7 Å². The van der Waals surface area contributed by atoms with E-state index in [1.807, 2.05) is 26.0 Å². The Hall–Kier alpha value is -1.35. The normalized spacial score (nSPS) is 19.6. The Labute approximate surface area is 109 Å². The molecule has 0 aromatic heterocycles. The smallest absolute Gasteiger partial charge is 0.167 e. The third kappa shape index (κ3) is 2.56. The number of Topliss-reactive ketones (excluding diaryl/α,β-unsaturated/α-hetero) is 1. The highest BCUT2D eigenvalue weighted by molar-refractivity contribution is 5.98. The van der Waals surface area contributed by atoms with E-state index in [0.717, 1.165) is 48.4 Å². The van der Waals surface area contributed by atoms with Crippen molar-refractivity contribution in [3.63, 3.8) is 0 Å². The molecule has 1 aromatic rings. The average Bonchev–Trinajstić information content (AvgIpc) is 2.38. The molecule has 0 saturated carbocycles. The van der Waals surface area contributed by atoms with Crippen molar-refractivity contribution in [3.05, 3.63) is 28.8 Å². The summed E-state index contributed by atoms with van der Waals surface area (Å²) in [7, 11) is 1.67. The molecule has 1 N–H and O–H groups in total. The van der Waals surface area contributed by atoms with E-state index in [0.29, 0.717) is 0 Å². The van der Waals surface area contributed by atoms with Gasteiger partial charge in [-0.25, -0.2) is 0 Å². The molecule has 3 nitrogen and oxygen atoms in total. The van der Waals surface area contributed by atoms with Crippen LogP contribution >= 0.6 is 0 Å². The molecule has 18 heavy (non-hydrogen) atoms. The Balaban J connectivity index is 2.25. The standard InChI is InChI=1S/C15H21NO2/c1-10-7-13(8-11(2)15(10)18-3)14(17)12-5-4-6-16-9-12/h7-8,12,16H,4-6,9H2,1-3H3. The van der Waals surface area contributed by atoms with Crippen LogP contribution in [0.25, 0.3) is 0 Å². The largest absolute Gasteiger partial charge is 0.496 e. The highest BCUT2D eigenvalue weighted by Crippen LogP contribution is 2.26. The minimum atomic E-state index is 0.131. The molecule has 0 radical (unpaired) electrons. The number of carbonyl (C=O) groups is 1. The van der Waals surface area contributed by atoms with Gasteiger partial charge in [0.2, 0.25) is 0 Å². The number of ether oxygens (including phenoxy) is 1. The maximum absolute atomic E-state index is 12.4. The van der Waals surface area contributed by atoms with Gasteiger partial charge in [0.1, 0.15) is 5.75 Å².